The Kier molecular flexibility index (Phi) is 4.97. The number of carboxylic acids is 1. The third-order valence-electron chi connectivity index (χ3n) is 12.3. The molecule has 184 valence electrons. The van der Waals surface area contributed by atoms with Gasteiger partial charge in [0.25, 0.3) is 0 Å². The summed E-state index contributed by atoms with van der Waals surface area (Å²) in [5.74, 6) is 0.505. The third kappa shape index (κ3) is 2.98. The van der Waals surface area contributed by atoms with Crippen molar-refractivity contribution >= 4 is 11.8 Å². The largest absolute Gasteiger partial charge is 0.481 e. The average Bonchev–Trinajstić information content (AvgIpc) is 2.73. The van der Waals surface area contributed by atoms with Gasteiger partial charge < -0.3 is 10.2 Å². The van der Waals surface area contributed by atoms with Crippen LogP contribution in [0.3, 0.4) is 0 Å². The van der Waals surface area contributed by atoms with E-state index in [1.165, 1.54) is 5.57 Å². The fourth-order valence-electron chi connectivity index (χ4n) is 9.84. The molecule has 4 nitrogen and oxygen atoms in total. The summed E-state index contributed by atoms with van der Waals surface area (Å²) in [7, 11) is 0. The number of rotatable bonds is 1. The van der Waals surface area contributed by atoms with Gasteiger partial charge in [-0.2, -0.15) is 0 Å². The zero-order valence-corrected chi connectivity index (χ0v) is 21.5. The smallest absolute Gasteiger partial charge is 0.309 e. The highest BCUT2D eigenvalue weighted by Gasteiger charge is 2.66. The summed E-state index contributed by atoms with van der Waals surface area (Å²) >= 11 is 0. The van der Waals surface area contributed by atoms with E-state index < -0.39 is 11.4 Å². The predicted octanol–water partition coefficient (Wildman–Crippen LogP) is 6.02. The maximum Gasteiger partial charge on any atom is 0.309 e. The van der Waals surface area contributed by atoms with Crippen LogP contribution in [0.25, 0.3) is 0 Å². The van der Waals surface area contributed by atoms with Crippen molar-refractivity contribution in [3.05, 3.63) is 11.6 Å². The molecular weight excluding hydrogens is 412 g/mol. The molecule has 0 bridgehead atoms. The number of aliphatic hydroxyl groups excluding tert-OH is 1. The van der Waals surface area contributed by atoms with Crippen LogP contribution in [-0.2, 0) is 9.59 Å². The SMILES string of the molecule is CC1(C)C2CCC3C(C(=O)C=C4[C@@H]5C[C@@](C)(C(=O)O)CC[C@]5(C)CC[C@]43C)[C@@]2(C)CC[C@@H]1O. The Morgan fingerprint density at radius 1 is 0.939 bits per heavy atom. The van der Waals surface area contributed by atoms with Crippen LogP contribution < -0.4 is 0 Å². The first-order valence-electron chi connectivity index (χ1n) is 13.4. The van der Waals surface area contributed by atoms with Crippen LogP contribution in [0, 0.1) is 50.7 Å². The lowest BCUT2D eigenvalue weighted by molar-refractivity contribution is -0.177. The van der Waals surface area contributed by atoms with E-state index in [4.69, 9.17) is 0 Å². The van der Waals surface area contributed by atoms with E-state index >= 15 is 0 Å². The Balaban J connectivity index is 1.57. The first-order valence-corrected chi connectivity index (χ1v) is 13.4. The van der Waals surface area contributed by atoms with Gasteiger partial charge in [0.2, 0.25) is 0 Å². The van der Waals surface area contributed by atoms with Gasteiger partial charge in [-0.1, -0.05) is 40.2 Å². The summed E-state index contributed by atoms with van der Waals surface area (Å²) in [4.78, 5) is 26.2. The number of aliphatic hydroxyl groups is 1. The second-order valence-electron chi connectivity index (χ2n) is 14.3. The Labute approximate surface area is 199 Å². The van der Waals surface area contributed by atoms with Gasteiger partial charge in [0.1, 0.15) is 0 Å². The van der Waals surface area contributed by atoms with Crippen molar-refractivity contribution in [2.45, 2.75) is 105 Å². The molecule has 2 N–H and O–H groups in total. The monoisotopic (exact) mass is 456 g/mol. The zero-order chi connectivity index (χ0) is 24.2. The van der Waals surface area contributed by atoms with Crippen LogP contribution >= 0.6 is 0 Å². The number of carbonyl (C=O) groups excluding carboxylic acids is 1. The van der Waals surface area contributed by atoms with Crippen molar-refractivity contribution in [3.8, 4) is 0 Å². The normalized spacial score (nSPS) is 53.1. The van der Waals surface area contributed by atoms with Gasteiger partial charge >= 0.3 is 5.97 Å². The highest BCUT2D eigenvalue weighted by molar-refractivity contribution is 5.95. The topological polar surface area (TPSA) is 74.6 Å². The Morgan fingerprint density at radius 2 is 1.61 bits per heavy atom. The summed E-state index contributed by atoms with van der Waals surface area (Å²) in [5.41, 5.74) is 0.430. The van der Waals surface area contributed by atoms with Crippen LogP contribution in [0.5, 0.6) is 0 Å². The lowest BCUT2D eigenvalue weighted by Crippen LogP contribution is -2.62. The Bertz CT molecular complexity index is 919. The van der Waals surface area contributed by atoms with Crippen LogP contribution in [0.15, 0.2) is 11.6 Å². The number of hydrogen-bond acceptors (Lipinski definition) is 3. The fraction of sp³-hybridized carbons (Fsp3) is 0.862. The first kappa shape index (κ1) is 23.6. The molecule has 0 heterocycles. The van der Waals surface area contributed by atoms with Crippen molar-refractivity contribution in [1.82, 2.24) is 0 Å². The molecule has 3 unspecified atom stereocenters. The van der Waals surface area contributed by atoms with Gasteiger partial charge in [-0.05, 0) is 110 Å². The van der Waals surface area contributed by atoms with Crippen LogP contribution in [0.1, 0.15) is 99.3 Å². The van der Waals surface area contributed by atoms with Gasteiger partial charge in [0.15, 0.2) is 5.78 Å². The average molecular weight is 457 g/mol. The minimum atomic E-state index is -0.698. The maximum absolute atomic E-state index is 14.0. The number of carboxylic acid groups (broad SMARTS) is 1. The Hall–Kier alpha value is -1.16. The highest BCUT2D eigenvalue weighted by Crippen LogP contribution is 2.70. The molecule has 0 saturated heterocycles. The van der Waals surface area contributed by atoms with Gasteiger partial charge in [-0.15, -0.1) is 0 Å². The minimum Gasteiger partial charge on any atom is -0.481 e. The van der Waals surface area contributed by atoms with Crippen LogP contribution in [0.2, 0.25) is 0 Å². The second-order valence-corrected chi connectivity index (χ2v) is 14.3. The molecule has 0 aromatic carbocycles. The summed E-state index contributed by atoms with van der Waals surface area (Å²) in [5, 5.41) is 20.8. The number of hydrogen-bond donors (Lipinski definition) is 2. The standard InChI is InChI=1S/C29H44O4/c1-25(2)21-8-7-17-23(29(21,6)10-9-22(25)31)20(30)15-18-19-16-27(4,24(32)33)12-11-26(19,3)13-14-28(17,18)5/h15,17,19,21-23,31H,7-14,16H2,1-6H3,(H,32,33)/t17?,19-,21?,22-,23?,26+,27-,28-,29-/m0/s1. The summed E-state index contributed by atoms with van der Waals surface area (Å²) < 4.78 is 0. The zero-order valence-electron chi connectivity index (χ0n) is 21.5. The quantitative estimate of drug-likeness (QED) is 0.506. The van der Waals surface area contributed by atoms with E-state index in [-0.39, 0.29) is 39.6 Å². The molecule has 0 radical (unpaired) electrons. The highest BCUT2D eigenvalue weighted by atomic mass is 16.4. The number of carbonyl (C=O) groups is 2. The maximum atomic E-state index is 14.0. The molecule has 0 aromatic heterocycles. The summed E-state index contributed by atoms with van der Waals surface area (Å²) in [6, 6.07) is 0. The molecule has 0 aliphatic heterocycles. The summed E-state index contributed by atoms with van der Waals surface area (Å²) in [6.07, 6.45) is 10.1. The lowest BCUT2D eigenvalue weighted by atomic mass is 9.38. The van der Waals surface area contributed by atoms with E-state index in [1.807, 2.05) is 13.0 Å². The molecule has 0 spiro atoms. The molecule has 4 heteroatoms. The van der Waals surface area contributed by atoms with Crippen LogP contribution in [0.4, 0.5) is 0 Å². The number of allylic oxidation sites excluding steroid dienone is 2. The molecule has 4 fully saturated rings. The van der Waals surface area contributed by atoms with Crippen molar-refractivity contribution in [3.63, 3.8) is 0 Å². The lowest BCUT2D eigenvalue weighted by Gasteiger charge is -2.66. The fourth-order valence-corrected chi connectivity index (χ4v) is 9.84. The molecule has 0 amide bonds. The van der Waals surface area contributed by atoms with E-state index in [9.17, 15) is 19.8 Å². The van der Waals surface area contributed by atoms with Crippen molar-refractivity contribution < 1.29 is 19.8 Å². The second kappa shape index (κ2) is 6.95. The molecular formula is C29H44O4. The molecule has 4 saturated carbocycles. The van der Waals surface area contributed by atoms with Gasteiger partial charge in [0.05, 0.1) is 11.5 Å². The van der Waals surface area contributed by atoms with E-state index in [2.05, 4.69) is 34.6 Å². The van der Waals surface area contributed by atoms with Crippen molar-refractivity contribution in [2.75, 3.05) is 0 Å². The van der Waals surface area contributed by atoms with Gasteiger partial charge in [-0.25, -0.2) is 0 Å². The summed E-state index contributed by atoms with van der Waals surface area (Å²) in [6.45, 7) is 13.4. The third-order valence-corrected chi connectivity index (χ3v) is 12.3. The molecule has 5 aliphatic rings. The Morgan fingerprint density at radius 3 is 2.27 bits per heavy atom. The van der Waals surface area contributed by atoms with E-state index in [1.54, 1.807) is 0 Å². The molecule has 9 atom stereocenters. The van der Waals surface area contributed by atoms with Gasteiger partial charge in [-0.3, -0.25) is 9.59 Å². The van der Waals surface area contributed by atoms with Crippen LogP contribution in [-0.4, -0.2) is 28.1 Å². The molecule has 5 aliphatic carbocycles. The van der Waals surface area contributed by atoms with E-state index in [0.717, 1.165) is 51.4 Å². The van der Waals surface area contributed by atoms with Crippen molar-refractivity contribution in [1.29, 1.82) is 0 Å². The number of fused-ring (bicyclic) bond motifs is 7. The minimum absolute atomic E-state index is 0.0201. The predicted molar refractivity (Wildman–Crippen MR) is 128 cm³/mol. The van der Waals surface area contributed by atoms with Gasteiger partial charge in [0, 0.05) is 5.92 Å². The van der Waals surface area contributed by atoms with Crippen molar-refractivity contribution in [2.24, 2.45) is 50.7 Å². The molecule has 5 rings (SSSR count). The number of aliphatic carboxylic acids is 1. The molecule has 33 heavy (non-hydrogen) atoms. The van der Waals surface area contributed by atoms with E-state index in [0.29, 0.717) is 24.0 Å². The first-order chi connectivity index (χ1) is 15.2. The number of ketones is 1. The molecule has 0 aromatic rings.